The normalized spacial score (nSPS) is 50.2. The van der Waals surface area contributed by atoms with Crippen molar-refractivity contribution in [3.63, 3.8) is 0 Å². The number of ketones is 1. The Balaban J connectivity index is 1.43. The van der Waals surface area contributed by atoms with Crippen molar-refractivity contribution in [2.45, 2.75) is 109 Å². The van der Waals surface area contributed by atoms with Crippen LogP contribution in [0.25, 0.3) is 0 Å². The van der Waals surface area contributed by atoms with Gasteiger partial charge in [-0.2, -0.15) is 0 Å². The number of cyclic esters (lactones) is 1. The molecule has 0 aromatic carbocycles. The monoisotopic (exact) mass is 520 g/mol. The first-order valence-electron chi connectivity index (χ1n) is 14.1. The number of carbonyl (C=O) groups is 2. The van der Waals surface area contributed by atoms with Crippen LogP contribution in [0.3, 0.4) is 0 Å². The number of carbonyl (C=O) groups excluding carboxylic acids is 2. The largest absolute Gasteiger partial charge is 0.465 e. The highest BCUT2D eigenvalue weighted by Gasteiger charge is 2.69. The molecule has 0 unspecified atom stereocenters. The second kappa shape index (κ2) is 8.85. The van der Waals surface area contributed by atoms with Crippen LogP contribution in [-0.4, -0.2) is 73.4 Å². The summed E-state index contributed by atoms with van der Waals surface area (Å²) in [5.41, 5.74) is -3.42. The van der Waals surface area contributed by atoms with E-state index in [4.69, 9.17) is 4.74 Å². The van der Waals surface area contributed by atoms with Gasteiger partial charge in [-0.25, -0.2) is 0 Å². The van der Waals surface area contributed by atoms with E-state index in [1.807, 2.05) is 13.8 Å². The highest BCUT2D eigenvalue weighted by atomic mass is 16.5. The average molecular weight is 521 g/mol. The van der Waals surface area contributed by atoms with Crippen molar-refractivity contribution in [1.29, 1.82) is 0 Å². The summed E-state index contributed by atoms with van der Waals surface area (Å²) in [6.07, 6.45) is 2.34. The van der Waals surface area contributed by atoms with E-state index >= 15 is 0 Å². The Kier molecular flexibility index (Phi) is 6.52. The highest BCUT2D eigenvalue weighted by molar-refractivity contribution is 5.95. The number of esters is 1. The topological polar surface area (TPSA) is 145 Å². The molecule has 0 aromatic heterocycles. The van der Waals surface area contributed by atoms with Crippen LogP contribution < -0.4 is 0 Å². The summed E-state index contributed by atoms with van der Waals surface area (Å²) in [4.78, 5) is 25.4. The lowest BCUT2D eigenvalue weighted by Gasteiger charge is -2.60. The minimum Gasteiger partial charge on any atom is -0.465 e. The van der Waals surface area contributed by atoms with E-state index in [0.29, 0.717) is 50.7 Å². The van der Waals surface area contributed by atoms with E-state index < -0.39 is 46.3 Å². The lowest BCUT2D eigenvalue weighted by Crippen LogP contribution is -2.63. The number of aliphatic hydroxyl groups excluding tert-OH is 3. The summed E-state index contributed by atoms with van der Waals surface area (Å²) in [6, 6.07) is 0. The zero-order valence-electron chi connectivity index (χ0n) is 22.5. The van der Waals surface area contributed by atoms with Gasteiger partial charge in [-0.3, -0.25) is 9.59 Å². The molecule has 3 saturated carbocycles. The minimum absolute atomic E-state index is 0.0878. The first-order valence-corrected chi connectivity index (χ1v) is 14.1. The third kappa shape index (κ3) is 3.80. The summed E-state index contributed by atoms with van der Waals surface area (Å²) < 4.78 is 5.13. The Morgan fingerprint density at radius 2 is 1.81 bits per heavy atom. The van der Waals surface area contributed by atoms with Gasteiger partial charge >= 0.3 is 5.97 Å². The van der Waals surface area contributed by atoms with Crippen LogP contribution in [0.5, 0.6) is 0 Å². The molecule has 5 N–H and O–H groups in total. The molecule has 1 saturated heterocycles. The standard InChI is InChI=1S/C29H44O8/c1-15-16(7-10-37-25(15)34)11-24(33)28(4,35)23-6-9-29(36)18-12-20(30)19-13-21(31)22(32)14-26(19,2)17(18)5-8-27(23,29)3/h12,15-17,19,21-24,31-33,35-36H,5-11,13-14H2,1-4H3/t15-,16-,17-,19-,21+,22-,23-,24+,26+,27+,28+,29+/m0/s1. The van der Waals surface area contributed by atoms with Crippen molar-refractivity contribution < 1.29 is 39.9 Å². The fourth-order valence-corrected chi connectivity index (χ4v) is 9.27. The molecule has 12 atom stereocenters. The van der Waals surface area contributed by atoms with E-state index in [0.717, 1.165) is 0 Å². The van der Waals surface area contributed by atoms with Crippen molar-refractivity contribution in [2.75, 3.05) is 6.61 Å². The van der Waals surface area contributed by atoms with Gasteiger partial charge in [0.25, 0.3) is 0 Å². The van der Waals surface area contributed by atoms with Crippen LogP contribution in [0.2, 0.25) is 0 Å². The van der Waals surface area contributed by atoms with Gasteiger partial charge in [0, 0.05) is 11.3 Å². The minimum atomic E-state index is -1.50. The number of allylic oxidation sites excluding steroid dienone is 1. The molecule has 0 radical (unpaired) electrons. The van der Waals surface area contributed by atoms with Crippen molar-refractivity contribution >= 4 is 11.8 Å². The van der Waals surface area contributed by atoms with Crippen LogP contribution in [0.4, 0.5) is 0 Å². The Hall–Kier alpha value is -1.32. The summed E-state index contributed by atoms with van der Waals surface area (Å²) in [5.74, 6) is -1.71. The van der Waals surface area contributed by atoms with Gasteiger partial charge in [0.05, 0.1) is 42.0 Å². The van der Waals surface area contributed by atoms with Gasteiger partial charge in [0.15, 0.2) is 5.78 Å². The zero-order chi connectivity index (χ0) is 27.1. The predicted octanol–water partition coefficient (Wildman–Crippen LogP) is 1.89. The Labute approximate surface area is 219 Å². The molecular formula is C29H44O8. The number of aliphatic hydroxyl groups is 5. The predicted molar refractivity (Wildman–Crippen MR) is 134 cm³/mol. The van der Waals surface area contributed by atoms with Crippen LogP contribution in [0.15, 0.2) is 11.6 Å². The van der Waals surface area contributed by atoms with Crippen molar-refractivity contribution in [3.8, 4) is 0 Å². The summed E-state index contributed by atoms with van der Waals surface area (Å²) in [5, 5.41) is 56.2. The van der Waals surface area contributed by atoms with Gasteiger partial charge in [-0.15, -0.1) is 0 Å². The lowest BCUT2D eigenvalue weighted by atomic mass is 9.45. The summed E-state index contributed by atoms with van der Waals surface area (Å²) in [6.45, 7) is 7.75. The van der Waals surface area contributed by atoms with Crippen molar-refractivity contribution in [3.05, 3.63) is 11.6 Å². The van der Waals surface area contributed by atoms with Gasteiger partial charge in [-0.05, 0) is 93.1 Å². The molecule has 8 heteroatoms. The van der Waals surface area contributed by atoms with Crippen LogP contribution in [0, 0.1) is 40.4 Å². The zero-order valence-corrected chi connectivity index (χ0v) is 22.5. The number of ether oxygens (including phenoxy) is 1. The van der Waals surface area contributed by atoms with Crippen LogP contribution in [-0.2, 0) is 14.3 Å². The van der Waals surface area contributed by atoms with Gasteiger partial charge in [0.1, 0.15) is 0 Å². The summed E-state index contributed by atoms with van der Waals surface area (Å²) >= 11 is 0. The maximum atomic E-state index is 13.3. The molecule has 4 fully saturated rings. The fraction of sp³-hybridized carbons (Fsp3) is 0.862. The number of fused-ring (bicyclic) bond motifs is 5. The number of hydrogen-bond donors (Lipinski definition) is 5. The maximum Gasteiger partial charge on any atom is 0.308 e. The molecule has 8 nitrogen and oxygen atoms in total. The van der Waals surface area contributed by atoms with Gasteiger partial charge in [0.2, 0.25) is 0 Å². The van der Waals surface area contributed by atoms with E-state index in [9.17, 15) is 35.1 Å². The average Bonchev–Trinajstić information content (AvgIpc) is 3.11. The first-order chi connectivity index (χ1) is 17.2. The molecule has 0 aromatic rings. The van der Waals surface area contributed by atoms with E-state index in [2.05, 4.69) is 0 Å². The second-order valence-corrected chi connectivity index (χ2v) is 13.6. The molecule has 5 aliphatic rings. The first kappa shape index (κ1) is 27.3. The van der Waals surface area contributed by atoms with E-state index in [1.165, 1.54) is 0 Å². The molecule has 208 valence electrons. The smallest absolute Gasteiger partial charge is 0.308 e. The Bertz CT molecular complexity index is 990. The van der Waals surface area contributed by atoms with Gasteiger partial charge in [-0.1, -0.05) is 20.8 Å². The highest BCUT2D eigenvalue weighted by Crippen LogP contribution is 2.68. The Morgan fingerprint density at radius 1 is 1.11 bits per heavy atom. The number of rotatable bonds is 4. The second-order valence-electron chi connectivity index (χ2n) is 13.6. The quantitative estimate of drug-likeness (QED) is 0.354. The molecule has 37 heavy (non-hydrogen) atoms. The van der Waals surface area contributed by atoms with Crippen molar-refractivity contribution in [1.82, 2.24) is 0 Å². The fourth-order valence-electron chi connectivity index (χ4n) is 9.27. The van der Waals surface area contributed by atoms with E-state index in [1.54, 1.807) is 19.9 Å². The van der Waals surface area contributed by atoms with E-state index in [-0.39, 0.29) is 48.3 Å². The Morgan fingerprint density at radius 3 is 2.51 bits per heavy atom. The molecule has 4 aliphatic carbocycles. The van der Waals surface area contributed by atoms with Gasteiger partial charge < -0.3 is 30.3 Å². The molecule has 1 aliphatic heterocycles. The maximum absolute atomic E-state index is 13.3. The molecule has 1 heterocycles. The molecule has 5 rings (SSSR count). The van der Waals surface area contributed by atoms with Crippen LogP contribution in [0.1, 0.15) is 79.1 Å². The molecule has 0 amide bonds. The third-order valence-corrected chi connectivity index (χ3v) is 11.8. The summed E-state index contributed by atoms with van der Waals surface area (Å²) in [7, 11) is 0. The SMILES string of the molecule is C[C@@H]1C(=O)OCC[C@H]1C[C@@H](O)[C@](C)(O)[C@H]1CC[C@@]2(O)C3=CC(=O)[C@@H]4C[C@@H](O)[C@@H](O)C[C@]4(C)[C@H]3CC[C@]12C. The number of hydrogen-bond acceptors (Lipinski definition) is 8. The molecule has 0 bridgehead atoms. The molecule has 0 spiro atoms. The molecular weight excluding hydrogens is 476 g/mol. The van der Waals surface area contributed by atoms with Crippen molar-refractivity contribution in [2.24, 2.45) is 40.4 Å². The van der Waals surface area contributed by atoms with Crippen LogP contribution >= 0.6 is 0 Å². The third-order valence-electron chi connectivity index (χ3n) is 11.8. The lowest BCUT2D eigenvalue weighted by molar-refractivity contribution is -0.180.